The second kappa shape index (κ2) is 10.2. The van der Waals surface area contributed by atoms with Crippen LogP contribution in [0.4, 0.5) is 5.69 Å². The van der Waals surface area contributed by atoms with Crippen LogP contribution in [0.15, 0.2) is 73.8 Å². The molecular formula is C23H21N3O2S3. The van der Waals surface area contributed by atoms with Gasteiger partial charge in [0, 0.05) is 33.0 Å². The number of thiazole rings is 1. The fraction of sp³-hybridized carbons (Fsp3) is 0.174. The van der Waals surface area contributed by atoms with Crippen molar-refractivity contribution >= 4 is 46.5 Å². The summed E-state index contributed by atoms with van der Waals surface area (Å²) in [5.41, 5.74) is 4.66. The lowest BCUT2D eigenvalue weighted by Gasteiger charge is -2.09. The highest BCUT2D eigenvalue weighted by molar-refractivity contribution is 8.01. The summed E-state index contributed by atoms with van der Waals surface area (Å²) in [5, 5.41) is 5.04. The number of nitrogens with zero attached hydrogens (tertiary/aromatic N) is 2. The van der Waals surface area contributed by atoms with E-state index in [1.807, 2.05) is 61.7 Å². The van der Waals surface area contributed by atoms with Gasteiger partial charge in [-0.3, -0.25) is 4.79 Å². The van der Waals surface area contributed by atoms with Crippen molar-refractivity contribution in [3.63, 3.8) is 0 Å². The lowest BCUT2D eigenvalue weighted by atomic mass is 10.2. The molecule has 31 heavy (non-hydrogen) atoms. The van der Waals surface area contributed by atoms with Crippen molar-refractivity contribution < 1.29 is 9.21 Å². The molecule has 8 heteroatoms. The lowest BCUT2D eigenvalue weighted by Crippen LogP contribution is -2.15. The predicted molar refractivity (Wildman–Crippen MR) is 129 cm³/mol. The van der Waals surface area contributed by atoms with Crippen LogP contribution in [-0.4, -0.2) is 21.6 Å². The van der Waals surface area contributed by atoms with Crippen LogP contribution in [0.5, 0.6) is 0 Å². The summed E-state index contributed by atoms with van der Waals surface area (Å²) in [5.74, 6) is 1.53. The minimum atomic E-state index is -0.0316. The van der Waals surface area contributed by atoms with E-state index < -0.39 is 0 Å². The minimum absolute atomic E-state index is 0.0316. The zero-order chi connectivity index (χ0) is 21.6. The molecule has 0 saturated carbocycles. The van der Waals surface area contributed by atoms with Crippen LogP contribution >= 0.6 is 34.9 Å². The molecule has 0 unspecified atom stereocenters. The van der Waals surface area contributed by atoms with Gasteiger partial charge in [0.15, 0.2) is 4.34 Å². The van der Waals surface area contributed by atoms with Gasteiger partial charge in [0.2, 0.25) is 11.8 Å². The highest BCUT2D eigenvalue weighted by atomic mass is 32.2. The van der Waals surface area contributed by atoms with Crippen LogP contribution in [0.2, 0.25) is 0 Å². The number of aromatic nitrogens is 2. The Bertz CT molecular complexity index is 1170. The van der Waals surface area contributed by atoms with Crippen molar-refractivity contribution in [2.45, 2.75) is 28.8 Å². The second-order valence-electron chi connectivity index (χ2n) is 6.88. The number of amides is 1. The first-order chi connectivity index (χ1) is 15.1. The maximum atomic E-state index is 12.4. The van der Waals surface area contributed by atoms with Crippen LogP contribution in [0.25, 0.3) is 11.5 Å². The summed E-state index contributed by atoms with van der Waals surface area (Å²) < 4.78 is 6.57. The highest BCUT2D eigenvalue weighted by Crippen LogP contribution is 2.32. The van der Waals surface area contributed by atoms with Crippen molar-refractivity contribution in [1.82, 2.24) is 9.97 Å². The molecule has 2 aromatic carbocycles. The number of oxazole rings is 1. The number of thioether (sulfide) groups is 1. The molecule has 1 amide bonds. The summed E-state index contributed by atoms with van der Waals surface area (Å²) >= 11 is 4.79. The number of hydrogen-bond donors (Lipinski definition) is 1. The molecule has 4 rings (SSSR count). The molecule has 5 nitrogen and oxygen atoms in total. The van der Waals surface area contributed by atoms with Crippen LogP contribution in [0.3, 0.4) is 0 Å². The largest absolute Gasteiger partial charge is 0.444 e. The molecule has 0 saturated heterocycles. The van der Waals surface area contributed by atoms with Crippen LogP contribution in [0, 0.1) is 13.8 Å². The zero-order valence-electron chi connectivity index (χ0n) is 17.1. The Morgan fingerprint density at radius 2 is 1.97 bits per heavy atom. The first kappa shape index (κ1) is 21.7. The van der Waals surface area contributed by atoms with Gasteiger partial charge < -0.3 is 9.73 Å². The van der Waals surface area contributed by atoms with E-state index in [9.17, 15) is 4.79 Å². The maximum absolute atomic E-state index is 12.4. The molecule has 1 N–H and O–H groups in total. The van der Waals surface area contributed by atoms with Crippen molar-refractivity contribution in [3.05, 3.63) is 77.1 Å². The Balaban J connectivity index is 1.26. The van der Waals surface area contributed by atoms with Crippen LogP contribution in [0.1, 0.15) is 17.0 Å². The highest BCUT2D eigenvalue weighted by Gasteiger charge is 2.10. The quantitative estimate of drug-likeness (QED) is 0.322. The van der Waals surface area contributed by atoms with E-state index in [1.165, 1.54) is 11.8 Å². The van der Waals surface area contributed by atoms with Crippen molar-refractivity contribution in [3.8, 4) is 11.5 Å². The fourth-order valence-electron chi connectivity index (χ4n) is 2.84. The smallest absolute Gasteiger partial charge is 0.234 e. The number of aryl methyl sites for hydroxylation is 2. The van der Waals surface area contributed by atoms with Crippen LogP contribution < -0.4 is 5.32 Å². The number of nitrogens with one attached hydrogen (secondary N) is 1. The number of rotatable bonds is 8. The molecular weight excluding hydrogens is 446 g/mol. The Morgan fingerprint density at radius 1 is 1.13 bits per heavy atom. The van der Waals surface area contributed by atoms with Gasteiger partial charge in [-0.2, -0.15) is 0 Å². The van der Waals surface area contributed by atoms with Crippen molar-refractivity contribution in [1.29, 1.82) is 0 Å². The van der Waals surface area contributed by atoms with Gasteiger partial charge in [-0.1, -0.05) is 30.0 Å². The van der Waals surface area contributed by atoms with Gasteiger partial charge in [0.25, 0.3) is 0 Å². The lowest BCUT2D eigenvalue weighted by molar-refractivity contribution is -0.113. The van der Waals surface area contributed by atoms with Gasteiger partial charge in [-0.05, 0) is 49.7 Å². The van der Waals surface area contributed by atoms with Gasteiger partial charge in [-0.25, -0.2) is 9.97 Å². The van der Waals surface area contributed by atoms with E-state index in [4.69, 9.17) is 4.42 Å². The molecule has 0 atom stereocenters. The molecule has 0 aliphatic rings. The molecule has 0 bridgehead atoms. The topological polar surface area (TPSA) is 68.0 Å². The van der Waals surface area contributed by atoms with Crippen LogP contribution in [-0.2, 0) is 10.5 Å². The van der Waals surface area contributed by atoms with Gasteiger partial charge in [0.1, 0.15) is 6.26 Å². The van der Waals surface area contributed by atoms with Gasteiger partial charge in [-0.15, -0.1) is 23.1 Å². The third kappa shape index (κ3) is 6.00. The molecule has 158 valence electrons. The normalized spacial score (nSPS) is 10.9. The summed E-state index contributed by atoms with van der Waals surface area (Å²) in [7, 11) is 0. The van der Waals surface area contributed by atoms with Gasteiger partial charge in [0.05, 0.1) is 11.4 Å². The number of carbonyl (C=O) groups is 1. The standard InChI is InChI=1S/C23H21N3O2S3/c1-15-10-19(31-23-24-16(2)12-30-23)8-9-20(15)26-21(27)14-29-13-18-11-28-22(25-18)17-6-4-3-5-7-17/h3-12H,13-14H2,1-2H3,(H,26,27). The fourth-order valence-corrected chi connectivity index (χ4v) is 5.45. The number of benzene rings is 2. The third-order valence-corrected chi connectivity index (χ3v) is 7.34. The van der Waals surface area contributed by atoms with Crippen molar-refractivity contribution in [2.24, 2.45) is 0 Å². The molecule has 0 spiro atoms. The number of anilines is 1. The van der Waals surface area contributed by atoms with E-state index in [0.29, 0.717) is 17.4 Å². The molecule has 0 radical (unpaired) electrons. The molecule has 0 aliphatic heterocycles. The first-order valence-electron chi connectivity index (χ1n) is 9.65. The predicted octanol–water partition coefficient (Wildman–Crippen LogP) is 6.44. The average molecular weight is 468 g/mol. The number of carbonyl (C=O) groups excluding carboxylic acids is 1. The summed E-state index contributed by atoms with van der Waals surface area (Å²) in [6, 6.07) is 15.8. The van der Waals surface area contributed by atoms with E-state index in [2.05, 4.69) is 21.4 Å². The molecule has 2 heterocycles. The monoisotopic (exact) mass is 467 g/mol. The molecule has 0 aliphatic carbocycles. The number of hydrogen-bond acceptors (Lipinski definition) is 7. The van der Waals surface area contributed by atoms with E-state index >= 15 is 0 Å². The molecule has 0 fully saturated rings. The average Bonchev–Trinajstić information content (AvgIpc) is 3.40. The van der Waals surface area contributed by atoms with E-state index in [0.717, 1.165) is 37.4 Å². The minimum Gasteiger partial charge on any atom is -0.444 e. The first-order valence-corrected chi connectivity index (χ1v) is 12.5. The second-order valence-corrected chi connectivity index (χ2v) is 10.0. The zero-order valence-corrected chi connectivity index (χ0v) is 19.6. The maximum Gasteiger partial charge on any atom is 0.234 e. The summed E-state index contributed by atoms with van der Waals surface area (Å²) in [6.07, 6.45) is 1.65. The Hall–Kier alpha value is -2.55. The van der Waals surface area contributed by atoms with E-state index in [-0.39, 0.29) is 5.91 Å². The van der Waals surface area contributed by atoms with E-state index in [1.54, 1.807) is 29.4 Å². The summed E-state index contributed by atoms with van der Waals surface area (Å²) in [4.78, 5) is 22.5. The summed E-state index contributed by atoms with van der Waals surface area (Å²) in [6.45, 7) is 3.99. The SMILES string of the molecule is Cc1csc(Sc2ccc(NC(=O)CSCc3coc(-c4ccccc4)n3)c(C)c2)n1. The Kier molecular flexibility index (Phi) is 7.11. The van der Waals surface area contributed by atoms with Crippen molar-refractivity contribution in [2.75, 3.05) is 11.1 Å². The molecule has 2 aromatic heterocycles. The Labute approximate surface area is 193 Å². The third-order valence-electron chi connectivity index (χ3n) is 4.33. The Morgan fingerprint density at radius 3 is 2.71 bits per heavy atom. The van der Waals surface area contributed by atoms with Gasteiger partial charge >= 0.3 is 0 Å². The molecule has 4 aromatic rings.